The average molecular weight is 479 g/mol. The fourth-order valence-electron chi connectivity index (χ4n) is 4.66. The van der Waals surface area contributed by atoms with Crippen LogP contribution >= 0.6 is 0 Å². The molecular weight excluding hydrogens is 450 g/mol. The quantitative estimate of drug-likeness (QED) is 0.658. The summed E-state index contributed by atoms with van der Waals surface area (Å²) in [6, 6.07) is 10.5. The third kappa shape index (κ3) is 4.81. The van der Waals surface area contributed by atoms with E-state index in [1.54, 1.807) is 31.2 Å². The lowest BCUT2D eigenvalue weighted by Gasteiger charge is -2.37. The van der Waals surface area contributed by atoms with Crippen LogP contribution < -0.4 is 5.73 Å². The molecule has 4 rings (SSSR count). The topological polar surface area (TPSA) is 89.7 Å². The van der Waals surface area contributed by atoms with E-state index < -0.39 is 38.7 Å². The lowest BCUT2D eigenvalue weighted by molar-refractivity contribution is -0.121. The van der Waals surface area contributed by atoms with Crippen LogP contribution in [0.15, 0.2) is 42.5 Å². The highest BCUT2D eigenvalue weighted by Crippen LogP contribution is 2.39. The molecule has 0 spiro atoms. The highest BCUT2D eigenvalue weighted by Gasteiger charge is 2.41. The van der Waals surface area contributed by atoms with Crippen LogP contribution in [-0.2, 0) is 26.1 Å². The van der Waals surface area contributed by atoms with Crippen LogP contribution in [-0.4, -0.2) is 37.9 Å². The van der Waals surface area contributed by atoms with Gasteiger partial charge in [-0.3, -0.25) is 4.79 Å². The fourth-order valence-corrected chi connectivity index (χ4v) is 6.85. The van der Waals surface area contributed by atoms with Gasteiger partial charge in [-0.15, -0.1) is 0 Å². The molecule has 0 radical (unpaired) electrons. The molecule has 0 bridgehead atoms. The van der Waals surface area contributed by atoms with E-state index in [9.17, 15) is 13.2 Å². The van der Waals surface area contributed by atoms with Gasteiger partial charge in [-0.25, -0.2) is 17.2 Å². The lowest BCUT2D eigenvalue weighted by Crippen LogP contribution is -2.44. The summed E-state index contributed by atoms with van der Waals surface area (Å²) in [5.74, 6) is -3.16. The minimum Gasteiger partial charge on any atom is -0.381 e. The molecule has 2 fully saturated rings. The third-order valence-corrected chi connectivity index (χ3v) is 9.05. The lowest BCUT2D eigenvalue weighted by atomic mass is 9.86. The first kappa shape index (κ1) is 23.8. The number of benzene rings is 2. The number of amides is 1. The Morgan fingerprint density at radius 1 is 1.15 bits per heavy atom. The van der Waals surface area contributed by atoms with Crippen LogP contribution in [0.5, 0.6) is 0 Å². The summed E-state index contributed by atoms with van der Waals surface area (Å²) < 4.78 is 63.2. The molecular formula is C24H28F2N2O4S. The van der Waals surface area contributed by atoms with Crippen molar-refractivity contribution in [3.8, 4) is 0 Å². The molecule has 3 atom stereocenters. The number of nitrogens with two attached hydrogens (primary N) is 1. The number of halogens is 2. The van der Waals surface area contributed by atoms with E-state index in [0.717, 1.165) is 12.1 Å². The Kier molecular flexibility index (Phi) is 6.83. The van der Waals surface area contributed by atoms with E-state index in [4.69, 9.17) is 10.5 Å². The molecule has 2 aliphatic rings. The largest absolute Gasteiger partial charge is 0.381 e. The fraction of sp³-hybridized carbons (Fsp3) is 0.458. The van der Waals surface area contributed by atoms with Gasteiger partial charge < -0.3 is 10.5 Å². The van der Waals surface area contributed by atoms with Crippen LogP contribution in [0.4, 0.5) is 8.78 Å². The highest BCUT2D eigenvalue weighted by molar-refractivity contribution is 7.89. The summed E-state index contributed by atoms with van der Waals surface area (Å²) in [6.45, 7) is 2.40. The molecule has 6 nitrogen and oxygen atoms in total. The van der Waals surface area contributed by atoms with Gasteiger partial charge in [-0.05, 0) is 43.9 Å². The normalized spacial score (nSPS) is 24.2. The first-order valence-corrected chi connectivity index (χ1v) is 12.6. The van der Waals surface area contributed by atoms with Gasteiger partial charge in [-0.2, -0.15) is 4.31 Å². The molecule has 2 aromatic carbocycles. The predicted octanol–water partition coefficient (Wildman–Crippen LogP) is 3.63. The van der Waals surface area contributed by atoms with Crippen LogP contribution in [0, 0.1) is 17.6 Å². The summed E-state index contributed by atoms with van der Waals surface area (Å²) >= 11 is 0. The average Bonchev–Trinajstić information content (AvgIpc) is 2.73. The number of sulfonamides is 1. The molecule has 178 valence electrons. The number of hydrogen-bond acceptors (Lipinski definition) is 4. The molecule has 1 unspecified atom stereocenters. The Labute approximate surface area is 192 Å². The second-order valence-corrected chi connectivity index (χ2v) is 11.0. The van der Waals surface area contributed by atoms with Crippen molar-refractivity contribution in [2.24, 2.45) is 11.7 Å². The molecule has 1 amide bonds. The van der Waals surface area contributed by atoms with Gasteiger partial charge in [0.15, 0.2) is 0 Å². The number of carbonyl (C=O) groups is 1. The van der Waals surface area contributed by atoms with Gasteiger partial charge in [0, 0.05) is 29.6 Å². The number of hydrogen-bond donors (Lipinski definition) is 1. The SMILES string of the molecule is C[C@H]1CC[C@H](c2ccccc2)S(=O)(=O)N1Cc1cc(F)c(C(CC2COC2)C(N)=O)cc1F. The Bertz CT molecular complexity index is 1120. The van der Waals surface area contributed by atoms with Crippen LogP contribution in [0.2, 0.25) is 0 Å². The molecule has 9 heteroatoms. The van der Waals surface area contributed by atoms with Crippen molar-refractivity contribution < 1.29 is 26.7 Å². The summed E-state index contributed by atoms with van der Waals surface area (Å²) in [7, 11) is -3.79. The Morgan fingerprint density at radius 3 is 2.45 bits per heavy atom. The van der Waals surface area contributed by atoms with Crippen molar-refractivity contribution in [1.82, 2.24) is 4.31 Å². The van der Waals surface area contributed by atoms with E-state index >= 15 is 8.78 Å². The predicted molar refractivity (Wildman–Crippen MR) is 120 cm³/mol. The van der Waals surface area contributed by atoms with Gasteiger partial charge in [0.05, 0.1) is 19.1 Å². The van der Waals surface area contributed by atoms with Crippen LogP contribution in [0.25, 0.3) is 0 Å². The van der Waals surface area contributed by atoms with E-state index in [-0.39, 0.29) is 36.1 Å². The molecule has 2 saturated heterocycles. The molecule has 0 aliphatic carbocycles. The molecule has 2 N–H and O–H groups in total. The maximum absolute atomic E-state index is 15.1. The van der Waals surface area contributed by atoms with Gasteiger partial charge in [-0.1, -0.05) is 30.3 Å². The number of rotatable bonds is 7. The van der Waals surface area contributed by atoms with Gasteiger partial charge in [0.25, 0.3) is 0 Å². The van der Waals surface area contributed by atoms with Gasteiger partial charge in [0.2, 0.25) is 15.9 Å². The van der Waals surface area contributed by atoms with Crippen molar-refractivity contribution in [1.29, 1.82) is 0 Å². The van der Waals surface area contributed by atoms with Crippen molar-refractivity contribution in [2.45, 2.75) is 49.9 Å². The number of nitrogens with zero attached hydrogens (tertiary/aromatic N) is 1. The number of primary amides is 1. The van der Waals surface area contributed by atoms with Crippen LogP contribution in [0.3, 0.4) is 0 Å². The summed E-state index contributed by atoms with van der Waals surface area (Å²) in [5, 5.41) is -0.731. The van der Waals surface area contributed by atoms with Crippen molar-refractivity contribution in [3.05, 3.63) is 70.8 Å². The van der Waals surface area contributed by atoms with Gasteiger partial charge in [0.1, 0.15) is 16.9 Å². The first-order chi connectivity index (χ1) is 15.7. The maximum atomic E-state index is 15.1. The Balaban J connectivity index is 1.61. The summed E-state index contributed by atoms with van der Waals surface area (Å²) in [6.07, 6.45) is 1.35. The number of carbonyl (C=O) groups excluding carboxylic acids is 1. The van der Waals surface area contributed by atoms with Crippen molar-refractivity contribution in [2.75, 3.05) is 13.2 Å². The Morgan fingerprint density at radius 2 is 1.85 bits per heavy atom. The standard InChI is InChI=1S/C24H28F2N2O4S/c1-15-7-8-23(17-5-3-2-4-6-17)33(30,31)28(15)12-18-10-22(26)19(11-21(18)25)20(24(27)29)9-16-13-32-14-16/h2-6,10-11,15-16,20,23H,7-9,12-14H2,1H3,(H2,27,29)/t15-,20?,23+/m0/s1. The second kappa shape index (κ2) is 9.48. The second-order valence-electron chi connectivity index (χ2n) is 8.98. The molecule has 33 heavy (non-hydrogen) atoms. The monoisotopic (exact) mass is 478 g/mol. The van der Waals surface area contributed by atoms with Crippen LogP contribution in [0.1, 0.15) is 54.0 Å². The molecule has 0 saturated carbocycles. The van der Waals surface area contributed by atoms with E-state index in [1.807, 2.05) is 6.07 Å². The maximum Gasteiger partial charge on any atom is 0.225 e. The number of ether oxygens (including phenoxy) is 1. The minimum absolute atomic E-state index is 0.0684. The van der Waals surface area contributed by atoms with Gasteiger partial charge >= 0.3 is 0 Å². The molecule has 2 heterocycles. The van der Waals surface area contributed by atoms with Crippen molar-refractivity contribution in [3.63, 3.8) is 0 Å². The molecule has 0 aromatic heterocycles. The highest BCUT2D eigenvalue weighted by atomic mass is 32.2. The third-order valence-electron chi connectivity index (χ3n) is 6.68. The van der Waals surface area contributed by atoms with E-state index in [2.05, 4.69) is 0 Å². The first-order valence-electron chi connectivity index (χ1n) is 11.1. The summed E-state index contributed by atoms with van der Waals surface area (Å²) in [4.78, 5) is 11.9. The molecule has 2 aliphatic heterocycles. The smallest absolute Gasteiger partial charge is 0.225 e. The summed E-state index contributed by atoms with van der Waals surface area (Å²) in [5.41, 5.74) is 5.97. The van der Waals surface area contributed by atoms with E-state index in [0.29, 0.717) is 31.6 Å². The Hall–Kier alpha value is -2.36. The minimum atomic E-state index is -3.79. The van der Waals surface area contributed by atoms with Crippen molar-refractivity contribution >= 4 is 15.9 Å². The zero-order valence-corrected chi connectivity index (χ0v) is 19.2. The zero-order chi connectivity index (χ0) is 23.8. The van der Waals surface area contributed by atoms with E-state index in [1.165, 1.54) is 4.31 Å². The molecule has 2 aromatic rings. The zero-order valence-electron chi connectivity index (χ0n) is 18.4.